The van der Waals surface area contributed by atoms with Crippen LogP contribution in [0.25, 0.3) is 11.1 Å². The van der Waals surface area contributed by atoms with Crippen LogP contribution in [0.5, 0.6) is 0 Å². The van der Waals surface area contributed by atoms with Crippen molar-refractivity contribution in [2.45, 2.75) is 113 Å². The lowest BCUT2D eigenvalue weighted by Gasteiger charge is -2.34. The predicted octanol–water partition coefficient (Wildman–Crippen LogP) is 10.3. The summed E-state index contributed by atoms with van der Waals surface area (Å²) in [6.07, 6.45) is 4.51. The van der Waals surface area contributed by atoms with Crippen molar-refractivity contribution in [3.63, 3.8) is 0 Å². The van der Waals surface area contributed by atoms with Crippen molar-refractivity contribution in [3.05, 3.63) is 106 Å². The molecule has 0 fully saturated rings. The van der Waals surface area contributed by atoms with Crippen LogP contribution in [0.3, 0.4) is 0 Å². The van der Waals surface area contributed by atoms with Gasteiger partial charge >= 0.3 is 0 Å². The molecule has 0 atom stereocenters. The summed E-state index contributed by atoms with van der Waals surface area (Å²) in [5.41, 5.74) is 13.7. The van der Waals surface area contributed by atoms with E-state index in [1.165, 1.54) is 55.9 Å². The minimum atomic E-state index is 0.233. The highest BCUT2D eigenvalue weighted by molar-refractivity contribution is 6.19. The third-order valence-corrected chi connectivity index (χ3v) is 8.35. The Bertz CT molecular complexity index is 1440. The summed E-state index contributed by atoms with van der Waals surface area (Å²) in [5, 5.41) is 0. The molecule has 0 heterocycles. The zero-order valence-electron chi connectivity index (χ0n) is 28.7. The number of anilines is 2. The minimum absolute atomic E-state index is 0.233. The molecule has 0 saturated heterocycles. The highest BCUT2D eigenvalue weighted by atomic mass is 15.2. The molecule has 43 heavy (non-hydrogen) atoms. The van der Waals surface area contributed by atoms with Gasteiger partial charge in [-0.3, -0.25) is 4.99 Å². The van der Waals surface area contributed by atoms with Crippen molar-refractivity contribution in [1.29, 1.82) is 0 Å². The van der Waals surface area contributed by atoms with Crippen LogP contribution < -0.4 is 9.80 Å². The van der Waals surface area contributed by atoms with Gasteiger partial charge in [0, 0.05) is 47.1 Å². The number of fused-ring (bicyclic) bond motifs is 1. The monoisotopic (exact) mass is 575 g/mol. The molecule has 0 radical (unpaired) electrons. The Hall–Kier alpha value is -3.59. The highest BCUT2D eigenvalue weighted by Crippen LogP contribution is 2.41. The van der Waals surface area contributed by atoms with E-state index >= 15 is 0 Å². The number of benzene rings is 3. The molecule has 1 aliphatic rings. The molecule has 0 amide bonds. The Labute approximate surface area is 262 Å². The van der Waals surface area contributed by atoms with Crippen molar-refractivity contribution in [3.8, 4) is 0 Å². The van der Waals surface area contributed by atoms with Crippen LogP contribution in [0.4, 0.5) is 11.4 Å². The smallest absolute Gasteiger partial charge is 0.0656 e. The second-order valence-corrected chi connectivity index (χ2v) is 13.5. The molecule has 4 rings (SSSR count). The quantitative estimate of drug-likeness (QED) is 0.253. The number of aryl methyl sites for hydroxylation is 2. The molecular formula is C40H53N3. The zero-order chi connectivity index (χ0) is 31.6. The van der Waals surface area contributed by atoms with Crippen molar-refractivity contribution < 1.29 is 0 Å². The summed E-state index contributed by atoms with van der Waals surface area (Å²) in [4.78, 5) is 9.98. The molecule has 0 N–H and O–H groups in total. The topological polar surface area (TPSA) is 18.8 Å². The van der Waals surface area contributed by atoms with Gasteiger partial charge in [-0.2, -0.15) is 0 Å². The second-order valence-electron chi connectivity index (χ2n) is 13.5. The van der Waals surface area contributed by atoms with E-state index < -0.39 is 0 Å². The second kappa shape index (κ2) is 13.4. The minimum Gasteiger partial charge on any atom is -0.367 e. The average Bonchev–Trinajstić information content (AvgIpc) is 2.91. The van der Waals surface area contributed by atoms with E-state index in [0.717, 1.165) is 5.71 Å². The molecule has 3 nitrogen and oxygen atoms in total. The van der Waals surface area contributed by atoms with Crippen molar-refractivity contribution in [2.24, 2.45) is 4.99 Å². The number of aliphatic imine (C=N–C) groups is 1. The van der Waals surface area contributed by atoms with E-state index in [-0.39, 0.29) is 6.04 Å². The molecule has 228 valence electrons. The molecule has 0 aromatic heterocycles. The summed E-state index contributed by atoms with van der Waals surface area (Å²) in [6.45, 7) is 27.0. The molecule has 0 bridgehead atoms. The van der Waals surface area contributed by atoms with E-state index in [4.69, 9.17) is 4.99 Å². The van der Waals surface area contributed by atoms with E-state index in [2.05, 4.69) is 166 Å². The van der Waals surface area contributed by atoms with Crippen LogP contribution in [-0.4, -0.2) is 35.9 Å². The standard InChI is InChI=1S/C40H53N3/c1-25(2)41-39-22-21-38(36-15-13-14-16-37(36)39)40(34-19-17-32(23-30(34)11)42(26(3)4)27(5)6)35-20-18-33(24-31(35)12)43(28(7)8)29(9)10/h13-29H,1-12H3. The van der Waals surface area contributed by atoms with Gasteiger partial charge in [-0.1, -0.05) is 42.5 Å². The fraction of sp³-hybridized carbons (Fsp3) is 0.425. The van der Waals surface area contributed by atoms with Gasteiger partial charge in [0.25, 0.3) is 0 Å². The van der Waals surface area contributed by atoms with Crippen LogP contribution in [-0.2, 0) is 0 Å². The largest absolute Gasteiger partial charge is 0.367 e. The number of rotatable bonds is 9. The first kappa shape index (κ1) is 32.3. The third kappa shape index (κ3) is 6.82. The van der Waals surface area contributed by atoms with Gasteiger partial charge in [0.1, 0.15) is 0 Å². The first-order valence-corrected chi connectivity index (χ1v) is 16.2. The Kier molecular flexibility index (Phi) is 10.1. The van der Waals surface area contributed by atoms with Crippen LogP contribution in [0.15, 0.2) is 77.8 Å². The molecular weight excluding hydrogens is 522 g/mol. The van der Waals surface area contributed by atoms with Gasteiger partial charge in [-0.05, 0) is 152 Å². The summed E-state index contributed by atoms with van der Waals surface area (Å²) >= 11 is 0. The maximum atomic E-state index is 4.98. The van der Waals surface area contributed by atoms with E-state index in [1.54, 1.807) is 0 Å². The number of hydrogen-bond acceptors (Lipinski definition) is 3. The Morgan fingerprint density at radius 3 is 1.40 bits per heavy atom. The molecule has 3 aromatic carbocycles. The fourth-order valence-corrected chi connectivity index (χ4v) is 6.89. The Morgan fingerprint density at radius 2 is 1.00 bits per heavy atom. The van der Waals surface area contributed by atoms with Crippen LogP contribution in [0.1, 0.15) is 103 Å². The molecule has 3 aromatic rings. The maximum absolute atomic E-state index is 4.98. The first-order chi connectivity index (χ1) is 20.3. The molecule has 0 unspecified atom stereocenters. The zero-order valence-corrected chi connectivity index (χ0v) is 28.7. The fourth-order valence-electron chi connectivity index (χ4n) is 6.89. The average molecular weight is 576 g/mol. The van der Waals surface area contributed by atoms with E-state index in [1.807, 2.05) is 0 Å². The normalized spacial score (nSPS) is 14.1. The number of nitrogens with zero attached hydrogens (tertiary/aromatic N) is 3. The molecule has 3 heteroatoms. The SMILES string of the molecule is Cc1cc(N(C(C)C)C(C)C)ccc1C(=C1C=CC(=NC(C)C)c2ccccc21)c1ccc(N(C(C)C)C(C)C)cc1C. The molecule has 0 aliphatic heterocycles. The Balaban J connectivity index is 2.02. The van der Waals surface area contributed by atoms with Gasteiger partial charge in [-0.25, -0.2) is 0 Å². The number of allylic oxidation sites excluding steroid dienone is 3. The molecule has 1 aliphatic carbocycles. The third-order valence-electron chi connectivity index (χ3n) is 8.35. The van der Waals surface area contributed by atoms with Gasteiger partial charge in [-0.15, -0.1) is 0 Å². The van der Waals surface area contributed by atoms with Crippen molar-refractivity contribution in [1.82, 2.24) is 0 Å². The lowest BCUT2D eigenvalue weighted by atomic mass is 9.81. The summed E-state index contributed by atoms with van der Waals surface area (Å²) in [5.74, 6) is 0. The Morgan fingerprint density at radius 1 is 0.558 bits per heavy atom. The van der Waals surface area contributed by atoms with Crippen LogP contribution in [0, 0.1) is 13.8 Å². The van der Waals surface area contributed by atoms with Gasteiger partial charge in [0.05, 0.1) is 5.71 Å². The van der Waals surface area contributed by atoms with Crippen molar-refractivity contribution in [2.75, 3.05) is 9.80 Å². The van der Waals surface area contributed by atoms with E-state index in [0.29, 0.717) is 24.2 Å². The first-order valence-electron chi connectivity index (χ1n) is 16.2. The highest BCUT2D eigenvalue weighted by Gasteiger charge is 2.24. The van der Waals surface area contributed by atoms with Crippen LogP contribution in [0.2, 0.25) is 0 Å². The lowest BCUT2D eigenvalue weighted by molar-refractivity contribution is 0.608. The summed E-state index contributed by atoms with van der Waals surface area (Å²) in [6, 6.07) is 24.8. The summed E-state index contributed by atoms with van der Waals surface area (Å²) in [7, 11) is 0. The molecule has 0 spiro atoms. The predicted molar refractivity (Wildman–Crippen MR) is 191 cm³/mol. The summed E-state index contributed by atoms with van der Waals surface area (Å²) < 4.78 is 0. The van der Waals surface area contributed by atoms with E-state index in [9.17, 15) is 0 Å². The molecule has 0 saturated carbocycles. The maximum Gasteiger partial charge on any atom is 0.0656 e. The van der Waals surface area contributed by atoms with Crippen molar-refractivity contribution >= 4 is 28.2 Å². The van der Waals surface area contributed by atoms with Gasteiger partial charge in [0.2, 0.25) is 0 Å². The van der Waals surface area contributed by atoms with Gasteiger partial charge < -0.3 is 9.80 Å². The van der Waals surface area contributed by atoms with Gasteiger partial charge in [0.15, 0.2) is 0 Å². The van der Waals surface area contributed by atoms with Crippen LogP contribution >= 0.6 is 0 Å². The lowest BCUT2D eigenvalue weighted by Crippen LogP contribution is -2.37. The number of hydrogen-bond donors (Lipinski definition) is 0.